The molecule has 0 aliphatic carbocycles. The predicted molar refractivity (Wildman–Crippen MR) is 66.2 cm³/mol. The number of esters is 1. The van der Waals surface area contributed by atoms with Crippen LogP contribution >= 0.6 is 0 Å². The second-order valence-electron chi connectivity index (χ2n) is 4.10. The number of benzene rings is 1. The lowest BCUT2D eigenvalue weighted by atomic mass is 10.0. The SMILES string of the molecule is COC(=O)[C@@H](N)Cc1cc(C)c(OC)c(C)c1. The Labute approximate surface area is 102 Å². The van der Waals surface area contributed by atoms with Gasteiger partial charge in [-0.2, -0.15) is 0 Å². The number of carbonyl (C=O) groups is 1. The maximum Gasteiger partial charge on any atom is 0.322 e. The summed E-state index contributed by atoms with van der Waals surface area (Å²) in [6.45, 7) is 3.94. The largest absolute Gasteiger partial charge is 0.496 e. The molecule has 1 aromatic rings. The van der Waals surface area contributed by atoms with Crippen molar-refractivity contribution in [1.82, 2.24) is 0 Å². The van der Waals surface area contributed by atoms with Gasteiger partial charge in [-0.25, -0.2) is 0 Å². The van der Waals surface area contributed by atoms with Crippen molar-refractivity contribution in [1.29, 1.82) is 0 Å². The highest BCUT2D eigenvalue weighted by atomic mass is 16.5. The number of ether oxygens (including phenoxy) is 2. The van der Waals surface area contributed by atoms with E-state index in [1.807, 2.05) is 26.0 Å². The molecule has 0 radical (unpaired) electrons. The van der Waals surface area contributed by atoms with Crippen molar-refractivity contribution in [3.63, 3.8) is 0 Å². The number of nitrogens with two attached hydrogens (primary N) is 1. The second kappa shape index (κ2) is 5.68. The molecular formula is C13H19NO3. The van der Waals surface area contributed by atoms with Crippen LogP contribution in [0.4, 0.5) is 0 Å². The summed E-state index contributed by atoms with van der Waals surface area (Å²) in [5.74, 6) is 0.483. The van der Waals surface area contributed by atoms with Crippen molar-refractivity contribution < 1.29 is 14.3 Å². The van der Waals surface area contributed by atoms with Crippen LogP contribution in [0.25, 0.3) is 0 Å². The molecule has 0 unspecified atom stereocenters. The lowest BCUT2D eigenvalue weighted by Gasteiger charge is -2.13. The fourth-order valence-electron chi connectivity index (χ4n) is 1.97. The van der Waals surface area contributed by atoms with E-state index in [4.69, 9.17) is 10.5 Å². The van der Waals surface area contributed by atoms with Crippen molar-refractivity contribution in [3.8, 4) is 5.75 Å². The zero-order valence-corrected chi connectivity index (χ0v) is 10.7. The first-order chi connectivity index (χ1) is 7.99. The summed E-state index contributed by atoms with van der Waals surface area (Å²) in [4.78, 5) is 11.2. The van der Waals surface area contributed by atoms with Crippen LogP contribution in [0.2, 0.25) is 0 Å². The maximum absolute atomic E-state index is 11.2. The Morgan fingerprint density at radius 1 is 1.29 bits per heavy atom. The van der Waals surface area contributed by atoms with Crippen LogP contribution in [0.15, 0.2) is 12.1 Å². The fourth-order valence-corrected chi connectivity index (χ4v) is 1.97. The summed E-state index contributed by atoms with van der Waals surface area (Å²) < 4.78 is 9.88. The Bertz CT molecular complexity index is 392. The van der Waals surface area contributed by atoms with Crippen molar-refractivity contribution >= 4 is 5.97 Å². The summed E-state index contributed by atoms with van der Waals surface area (Å²) in [6.07, 6.45) is 0.471. The molecule has 1 aromatic carbocycles. The minimum Gasteiger partial charge on any atom is -0.496 e. The average molecular weight is 237 g/mol. The molecule has 0 aliphatic heterocycles. The number of hydrogen-bond donors (Lipinski definition) is 1. The van der Waals surface area contributed by atoms with Gasteiger partial charge in [-0.05, 0) is 37.0 Å². The van der Waals surface area contributed by atoms with Gasteiger partial charge in [-0.3, -0.25) is 4.79 Å². The maximum atomic E-state index is 11.2. The zero-order valence-electron chi connectivity index (χ0n) is 10.7. The molecule has 0 aliphatic rings. The van der Waals surface area contributed by atoms with Gasteiger partial charge in [0.2, 0.25) is 0 Å². The standard InChI is InChI=1S/C13H19NO3/c1-8-5-10(6-9(2)12(8)16-3)7-11(14)13(15)17-4/h5-6,11H,7,14H2,1-4H3/t11-/m0/s1. The number of carbonyl (C=O) groups excluding carboxylic acids is 1. The number of aryl methyl sites for hydroxylation is 2. The first-order valence-electron chi connectivity index (χ1n) is 5.47. The molecule has 94 valence electrons. The van der Waals surface area contributed by atoms with Crippen LogP contribution in [-0.2, 0) is 16.0 Å². The molecule has 17 heavy (non-hydrogen) atoms. The lowest BCUT2D eigenvalue weighted by Crippen LogP contribution is -2.33. The molecule has 0 bridgehead atoms. The molecule has 2 N–H and O–H groups in total. The Balaban J connectivity index is 2.90. The third-order valence-electron chi connectivity index (χ3n) is 2.68. The van der Waals surface area contributed by atoms with E-state index in [9.17, 15) is 4.79 Å². The van der Waals surface area contributed by atoms with Crippen molar-refractivity contribution in [2.24, 2.45) is 5.73 Å². The Hall–Kier alpha value is -1.55. The minimum absolute atomic E-state index is 0.392. The highest BCUT2D eigenvalue weighted by molar-refractivity contribution is 5.75. The van der Waals surface area contributed by atoms with Crippen molar-refractivity contribution in [2.45, 2.75) is 26.3 Å². The number of methoxy groups -OCH3 is 2. The van der Waals surface area contributed by atoms with Crippen LogP contribution in [0.1, 0.15) is 16.7 Å². The quantitative estimate of drug-likeness (QED) is 0.803. The smallest absolute Gasteiger partial charge is 0.322 e. The van der Waals surface area contributed by atoms with Crippen LogP contribution in [0, 0.1) is 13.8 Å². The van der Waals surface area contributed by atoms with E-state index >= 15 is 0 Å². The van der Waals surface area contributed by atoms with Crippen molar-refractivity contribution in [3.05, 3.63) is 28.8 Å². The molecule has 0 aromatic heterocycles. The molecule has 4 heteroatoms. The highest BCUT2D eigenvalue weighted by Gasteiger charge is 2.15. The Morgan fingerprint density at radius 2 is 1.82 bits per heavy atom. The molecule has 0 saturated carbocycles. The minimum atomic E-state index is -0.618. The first kappa shape index (κ1) is 13.5. The van der Waals surface area contributed by atoms with Gasteiger partial charge in [0.15, 0.2) is 0 Å². The van der Waals surface area contributed by atoms with E-state index < -0.39 is 12.0 Å². The molecule has 0 amide bonds. The van der Waals surface area contributed by atoms with E-state index in [0.29, 0.717) is 6.42 Å². The second-order valence-corrected chi connectivity index (χ2v) is 4.10. The average Bonchev–Trinajstić information content (AvgIpc) is 2.27. The van der Waals surface area contributed by atoms with Gasteiger partial charge in [-0.15, -0.1) is 0 Å². The summed E-state index contributed by atoms with van der Waals surface area (Å²) >= 11 is 0. The van der Waals surface area contributed by atoms with Crippen LogP contribution in [0.3, 0.4) is 0 Å². The lowest BCUT2D eigenvalue weighted by molar-refractivity contribution is -0.142. The molecule has 0 saturated heterocycles. The summed E-state index contributed by atoms with van der Waals surface area (Å²) in [7, 11) is 2.99. The molecular weight excluding hydrogens is 218 g/mol. The molecule has 0 spiro atoms. The van der Waals surface area contributed by atoms with Crippen LogP contribution in [0.5, 0.6) is 5.75 Å². The first-order valence-corrected chi connectivity index (χ1v) is 5.47. The molecule has 4 nitrogen and oxygen atoms in total. The normalized spacial score (nSPS) is 12.1. The summed E-state index contributed by atoms with van der Waals surface area (Å²) in [6, 6.07) is 3.34. The molecule has 1 rings (SSSR count). The Kier molecular flexibility index (Phi) is 4.52. The summed E-state index contributed by atoms with van der Waals surface area (Å²) in [5.41, 5.74) is 8.82. The van der Waals surface area contributed by atoms with Gasteiger partial charge in [0, 0.05) is 0 Å². The van der Waals surface area contributed by atoms with E-state index in [2.05, 4.69) is 4.74 Å². The van der Waals surface area contributed by atoms with E-state index in [0.717, 1.165) is 22.4 Å². The van der Waals surface area contributed by atoms with E-state index in [1.54, 1.807) is 7.11 Å². The van der Waals surface area contributed by atoms with Gasteiger partial charge in [-0.1, -0.05) is 12.1 Å². The van der Waals surface area contributed by atoms with Gasteiger partial charge in [0.25, 0.3) is 0 Å². The Morgan fingerprint density at radius 3 is 2.24 bits per heavy atom. The van der Waals surface area contributed by atoms with Crippen LogP contribution < -0.4 is 10.5 Å². The molecule has 0 fully saturated rings. The van der Waals surface area contributed by atoms with Gasteiger partial charge in [0.05, 0.1) is 14.2 Å². The fraction of sp³-hybridized carbons (Fsp3) is 0.462. The monoisotopic (exact) mass is 237 g/mol. The zero-order chi connectivity index (χ0) is 13.0. The van der Waals surface area contributed by atoms with Crippen molar-refractivity contribution in [2.75, 3.05) is 14.2 Å². The van der Waals surface area contributed by atoms with Gasteiger partial charge in [0.1, 0.15) is 11.8 Å². The highest BCUT2D eigenvalue weighted by Crippen LogP contribution is 2.24. The molecule has 0 heterocycles. The topological polar surface area (TPSA) is 61.5 Å². The third-order valence-corrected chi connectivity index (χ3v) is 2.68. The number of rotatable bonds is 4. The van der Waals surface area contributed by atoms with Gasteiger partial charge < -0.3 is 15.2 Å². The van der Waals surface area contributed by atoms with E-state index in [1.165, 1.54) is 7.11 Å². The van der Waals surface area contributed by atoms with Gasteiger partial charge >= 0.3 is 5.97 Å². The summed E-state index contributed by atoms with van der Waals surface area (Å²) in [5, 5.41) is 0. The third kappa shape index (κ3) is 3.20. The van der Waals surface area contributed by atoms with Crippen LogP contribution in [-0.4, -0.2) is 26.2 Å². The predicted octanol–water partition coefficient (Wildman–Crippen LogP) is 1.35. The van der Waals surface area contributed by atoms with E-state index in [-0.39, 0.29) is 0 Å². The molecule has 1 atom stereocenters. The number of hydrogen-bond acceptors (Lipinski definition) is 4.